The molecule has 7 nitrogen and oxygen atoms in total. The van der Waals surface area contributed by atoms with Crippen LogP contribution in [0.5, 0.6) is 0 Å². The van der Waals surface area contributed by atoms with Crippen LogP contribution in [-0.4, -0.2) is 25.0 Å². The average Bonchev–Trinajstić information content (AvgIpc) is 2.99. The highest BCUT2D eigenvalue weighted by molar-refractivity contribution is 7.89. The van der Waals surface area contributed by atoms with E-state index in [1.165, 1.54) is 29.5 Å². The fourth-order valence-corrected chi connectivity index (χ4v) is 3.41. The molecule has 112 valence electrons. The van der Waals surface area contributed by atoms with E-state index in [0.717, 1.165) is 6.07 Å². The number of nitro groups is 1. The average molecular weight is 328 g/mol. The molecule has 0 fully saturated rings. The van der Waals surface area contributed by atoms with Gasteiger partial charge in [0.1, 0.15) is 6.10 Å². The first kappa shape index (κ1) is 15.6. The van der Waals surface area contributed by atoms with Crippen LogP contribution in [0.1, 0.15) is 11.0 Å². The number of nitro benzene ring substituents is 1. The number of thiophene rings is 1. The van der Waals surface area contributed by atoms with Crippen molar-refractivity contribution >= 4 is 27.0 Å². The Hall–Kier alpha value is -1.81. The summed E-state index contributed by atoms with van der Waals surface area (Å²) in [6.45, 7) is -0.203. The number of hydrogen-bond donors (Lipinski definition) is 2. The molecule has 0 saturated carbocycles. The summed E-state index contributed by atoms with van der Waals surface area (Å²) in [7, 11) is -3.91. The van der Waals surface area contributed by atoms with E-state index in [-0.39, 0.29) is 17.1 Å². The van der Waals surface area contributed by atoms with Gasteiger partial charge in [-0.25, -0.2) is 13.1 Å². The molecular formula is C12H12N2O5S2. The first-order valence-electron chi connectivity index (χ1n) is 5.86. The van der Waals surface area contributed by atoms with Crippen LogP contribution in [0.3, 0.4) is 0 Å². The van der Waals surface area contributed by atoms with Crippen LogP contribution in [0.15, 0.2) is 46.7 Å². The Morgan fingerprint density at radius 1 is 1.33 bits per heavy atom. The quantitative estimate of drug-likeness (QED) is 0.619. The van der Waals surface area contributed by atoms with E-state index >= 15 is 0 Å². The van der Waals surface area contributed by atoms with Crippen LogP contribution in [-0.2, 0) is 10.0 Å². The van der Waals surface area contributed by atoms with Crippen molar-refractivity contribution in [1.29, 1.82) is 0 Å². The molecule has 1 aromatic heterocycles. The summed E-state index contributed by atoms with van der Waals surface area (Å²) in [5.41, 5.74) is -0.309. The third-order valence-electron chi connectivity index (χ3n) is 2.68. The van der Waals surface area contributed by atoms with E-state index in [2.05, 4.69) is 4.72 Å². The number of benzene rings is 1. The van der Waals surface area contributed by atoms with Gasteiger partial charge in [0, 0.05) is 23.6 Å². The van der Waals surface area contributed by atoms with Crippen molar-refractivity contribution in [3.63, 3.8) is 0 Å². The van der Waals surface area contributed by atoms with Crippen molar-refractivity contribution < 1.29 is 18.4 Å². The molecular weight excluding hydrogens is 316 g/mol. The van der Waals surface area contributed by atoms with Gasteiger partial charge < -0.3 is 5.11 Å². The van der Waals surface area contributed by atoms with Gasteiger partial charge in [0.25, 0.3) is 5.69 Å². The standard InChI is InChI=1S/C12H12N2O5S2/c15-11(12-5-2-6-20-12)8-13-21(18,19)10-4-1-3-9(7-10)14(16)17/h1-7,11,13,15H,8H2. The van der Waals surface area contributed by atoms with Crippen LogP contribution in [0.2, 0.25) is 0 Å². The first-order valence-corrected chi connectivity index (χ1v) is 8.22. The lowest BCUT2D eigenvalue weighted by atomic mass is 10.3. The highest BCUT2D eigenvalue weighted by atomic mass is 32.2. The number of aliphatic hydroxyl groups excluding tert-OH is 1. The van der Waals surface area contributed by atoms with Crippen molar-refractivity contribution in [2.75, 3.05) is 6.54 Å². The topological polar surface area (TPSA) is 110 Å². The van der Waals surface area contributed by atoms with Gasteiger partial charge in [-0.2, -0.15) is 0 Å². The van der Waals surface area contributed by atoms with Crippen LogP contribution in [0.4, 0.5) is 5.69 Å². The molecule has 2 N–H and O–H groups in total. The van der Waals surface area contributed by atoms with Crippen molar-refractivity contribution in [1.82, 2.24) is 4.72 Å². The van der Waals surface area contributed by atoms with Gasteiger partial charge in [0.15, 0.2) is 0 Å². The zero-order chi connectivity index (χ0) is 15.5. The molecule has 0 aliphatic rings. The van der Waals surface area contributed by atoms with Crippen LogP contribution in [0.25, 0.3) is 0 Å². The number of rotatable bonds is 6. The highest BCUT2D eigenvalue weighted by Gasteiger charge is 2.19. The molecule has 2 aromatic rings. The summed E-state index contributed by atoms with van der Waals surface area (Å²) in [5.74, 6) is 0. The Labute approximate surface area is 125 Å². The first-order chi connectivity index (χ1) is 9.90. The van der Waals surface area contributed by atoms with E-state index in [4.69, 9.17) is 0 Å². The summed E-state index contributed by atoms with van der Waals surface area (Å²) >= 11 is 1.31. The fraction of sp³-hybridized carbons (Fsp3) is 0.167. The molecule has 2 rings (SSSR count). The zero-order valence-electron chi connectivity index (χ0n) is 10.7. The third kappa shape index (κ3) is 3.85. The molecule has 0 bridgehead atoms. The van der Waals surface area contributed by atoms with Gasteiger partial charge in [-0.15, -0.1) is 11.3 Å². The van der Waals surface area contributed by atoms with Gasteiger partial charge in [0.05, 0.1) is 9.82 Å². The molecule has 0 radical (unpaired) electrons. The number of hydrogen-bond acceptors (Lipinski definition) is 6. The summed E-state index contributed by atoms with van der Waals surface area (Å²) in [4.78, 5) is 10.4. The van der Waals surface area contributed by atoms with Crippen molar-refractivity contribution in [3.05, 3.63) is 56.8 Å². The molecule has 0 saturated heterocycles. The number of non-ortho nitro benzene ring substituents is 1. The van der Waals surface area contributed by atoms with Crippen LogP contribution < -0.4 is 4.72 Å². The van der Waals surface area contributed by atoms with Gasteiger partial charge in [-0.1, -0.05) is 12.1 Å². The summed E-state index contributed by atoms with van der Waals surface area (Å²) < 4.78 is 26.3. The Kier molecular flexibility index (Phi) is 4.68. The second-order valence-electron chi connectivity index (χ2n) is 4.14. The fourth-order valence-electron chi connectivity index (χ4n) is 1.62. The molecule has 1 unspecified atom stereocenters. The predicted molar refractivity (Wildman–Crippen MR) is 77.6 cm³/mol. The minimum atomic E-state index is -3.91. The van der Waals surface area contributed by atoms with E-state index in [1.54, 1.807) is 17.5 Å². The van der Waals surface area contributed by atoms with Crippen molar-refractivity contribution in [2.45, 2.75) is 11.0 Å². The lowest BCUT2D eigenvalue weighted by molar-refractivity contribution is -0.385. The van der Waals surface area contributed by atoms with E-state index < -0.39 is 21.1 Å². The lowest BCUT2D eigenvalue weighted by Crippen LogP contribution is -2.28. The SMILES string of the molecule is O=[N+]([O-])c1cccc(S(=O)(=O)NCC(O)c2cccs2)c1. The second-order valence-corrected chi connectivity index (χ2v) is 6.88. The smallest absolute Gasteiger partial charge is 0.270 e. The summed E-state index contributed by atoms with van der Waals surface area (Å²) in [6.07, 6.45) is -0.960. The Bertz CT molecular complexity index is 728. The molecule has 0 aliphatic heterocycles. The monoisotopic (exact) mass is 328 g/mol. The summed E-state index contributed by atoms with van der Waals surface area (Å²) in [6, 6.07) is 8.17. The van der Waals surface area contributed by atoms with Gasteiger partial charge >= 0.3 is 0 Å². The lowest BCUT2D eigenvalue weighted by Gasteiger charge is -2.10. The Balaban J connectivity index is 2.11. The molecule has 21 heavy (non-hydrogen) atoms. The Morgan fingerprint density at radius 3 is 2.71 bits per heavy atom. The van der Waals surface area contributed by atoms with Crippen LogP contribution in [0, 0.1) is 10.1 Å². The number of aliphatic hydroxyl groups is 1. The van der Waals surface area contributed by atoms with Crippen LogP contribution >= 0.6 is 11.3 Å². The summed E-state index contributed by atoms with van der Waals surface area (Å²) in [5, 5.41) is 22.3. The zero-order valence-corrected chi connectivity index (χ0v) is 12.3. The molecule has 1 aromatic carbocycles. The van der Waals surface area contributed by atoms with Gasteiger partial charge in [-0.05, 0) is 17.5 Å². The molecule has 9 heteroatoms. The molecule has 0 amide bonds. The maximum Gasteiger partial charge on any atom is 0.270 e. The Morgan fingerprint density at radius 2 is 2.10 bits per heavy atom. The minimum absolute atomic E-state index is 0.203. The second kappa shape index (κ2) is 6.31. The normalized spacial score (nSPS) is 13.0. The van der Waals surface area contributed by atoms with Gasteiger partial charge in [0.2, 0.25) is 10.0 Å². The maximum absolute atomic E-state index is 12.0. The molecule has 0 spiro atoms. The van der Waals surface area contributed by atoms with Crippen molar-refractivity contribution in [3.8, 4) is 0 Å². The third-order valence-corrected chi connectivity index (χ3v) is 5.07. The van der Waals surface area contributed by atoms with E-state index in [0.29, 0.717) is 4.88 Å². The largest absolute Gasteiger partial charge is 0.386 e. The van der Waals surface area contributed by atoms with E-state index in [9.17, 15) is 23.6 Å². The maximum atomic E-state index is 12.0. The highest BCUT2D eigenvalue weighted by Crippen LogP contribution is 2.20. The predicted octanol–water partition coefficient (Wildman–Crippen LogP) is 1.67. The van der Waals surface area contributed by atoms with Gasteiger partial charge in [-0.3, -0.25) is 10.1 Å². The minimum Gasteiger partial charge on any atom is -0.386 e. The number of nitrogens with zero attached hydrogens (tertiary/aromatic N) is 1. The van der Waals surface area contributed by atoms with Crippen molar-refractivity contribution in [2.24, 2.45) is 0 Å². The molecule has 0 aliphatic carbocycles. The van der Waals surface area contributed by atoms with E-state index in [1.807, 2.05) is 0 Å². The molecule has 1 atom stereocenters. The molecule has 1 heterocycles. The number of sulfonamides is 1. The number of nitrogens with one attached hydrogen (secondary N) is 1.